The molecule has 1 aromatic carbocycles. The number of nitrogens with one attached hydrogen (secondary N) is 2. The third-order valence-corrected chi connectivity index (χ3v) is 10.5. The van der Waals surface area contributed by atoms with Gasteiger partial charge < -0.3 is 25.0 Å². The lowest BCUT2D eigenvalue weighted by Crippen LogP contribution is -2.45. The van der Waals surface area contributed by atoms with Crippen LogP contribution in [0, 0.1) is 0 Å². The summed E-state index contributed by atoms with van der Waals surface area (Å²) in [6, 6.07) is 14.4. The van der Waals surface area contributed by atoms with E-state index in [0.29, 0.717) is 6.04 Å². The monoisotopic (exact) mass is 714 g/mol. The van der Waals surface area contributed by atoms with Crippen molar-refractivity contribution in [2.75, 3.05) is 56.5 Å². The van der Waals surface area contributed by atoms with Crippen LogP contribution in [0.3, 0.4) is 0 Å². The zero-order chi connectivity index (χ0) is 36.8. The summed E-state index contributed by atoms with van der Waals surface area (Å²) in [6.45, 7) is 15.3. The van der Waals surface area contributed by atoms with E-state index in [0.717, 1.165) is 105 Å². The second kappa shape index (κ2) is 16.3. The molecule has 5 heterocycles. The number of piperazine rings is 1. The Balaban J connectivity index is 0.00000150. The molecule has 2 aliphatic heterocycles. The van der Waals surface area contributed by atoms with Crippen molar-refractivity contribution >= 4 is 29.9 Å². The Kier molecular flexibility index (Phi) is 11.6. The Morgan fingerprint density at radius 3 is 2.46 bits per heavy atom. The maximum absolute atomic E-state index is 13.6. The highest BCUT2D eigenvalue weighted by Crippen LogP contribution is 2.39. The van der Waals surface area contributed by atoms with E-state index in [1.165, 1.54) is 12.8 Å². The van der Waals surface area contributed by atoms with Crippen molar-refractivity contribution in [1.29, 1.82) is 0 Å². The lowest BCUT2D eigenvalue weighted by atomic mass is 9.85. The number of hydrogen-bond donors (Lipinski definition) is 3. The minimum Gasteiger partial charge on any atom is -0.484 e. The van der Waals surface area contributed by atoms with Crippen molar-refractivity contribution in [1.82, 2.24) is 39.5 Å². The van der Waals surface area contributed by atoms with Gasteiger partial charge in [0.05, 0.1) is 24.5 Å². The van der Waals surface area contributed by atoms with Gasteiger partial charge in [0.1, 0.15) is 17.7 Å². The fourth-order valence-corrected chi connectivity index (χ4v) is 7.38. The number of fused-ring (bicyclic) bond motifs is 2. The van der Waals surface area contributed by atoms with Crippen LogP contribution in [0.1, 0.15) is 88.8 Å². The largest absolute Gasteiger partial charge is 0.484 e. The van der Waals surface area contributed by atoms with Gasteiger partial charge in [0.2, 0.25) is 5.95 Å². The molecule has 4 aromatic rings. The van der Waals surface area contributed by atoms with Gasteiger partial charge in [-0.25, -0.2) is 9.48 Å². The molecule has 7 rings (SSSR count). The summed E-state index contributed by atoms with van der Waals surface area (Å²) in [6.07, 6.45) is 7.00. The smallest absolute Gasteiger partial charge is 0.320 e. The van der Waals surface area contributed by atoms with E-state index in [-0.39, 0.29) is 30.1 Å². The van der Waals surface area contributed by atoms with Gasteiger partial charge in [0.15, 0.2) is 5.65 Å². The van der Waals surface area contributed by atoms with E-state index >= 15 is 0 Å². The first kappa shape index (κ1) is 37.1. The number of ether oxygens (including phenoxy) is 1. The molecule has 280 valence electrons. The predicted octanol–water partition coefficient (Wildman–Crippen LogP) is 5.33. The number of benzene rings is 1. The van der Waals surface area contributed by atoms with Gasteiger partial charge in [0, 0.05) is 56.8 Å². The molecule has 14 nitrogen and oxygen atoms in total. The summed E-state index contributed by atoms with van der Waals surface area (Å²) in [5.74, 6) is 2.38. The maximum Gasteiger partial charge on any atom is 0.320 e. The number of likely N-dealkylation sites (N-methyl/N-ethyl adjacent to an activating group) is 1. The number of piperidine rings is 1. The van der Waals surface area contributed by atoms with Crippen LogP contribution in [0.2, 0.25) is 0 Å². The number of amides is 2. The lowest BCUT2D eigenvalue weighted by molar-refractivity contribution is -0.122. The number of rotatable bonds is 8. The van der Waals surface area contributed by atoms with Gasteiger partial charge in [-0.1, -0.05) is 45.0 Å². The molecular weight excluding hydrogens is 660 g/mol. The van der Waals surface area contributed by atoms with Crippen LogP contribution in [0.4, 0.5) is 16.6 Å². The van der Waals surface area contributed by atoms with Crippen molar-refractivity contribution < 1.29 is 19.4 Å². The van der Waals surface area contributed by atoms with Gasteiger partial charge in [0.25, 0.3) is 6.47 Å². The minimum atomic E-state index is -0.250. The Hall–Kier alpha value is -4.69. The average molecular weight is 715 g/mol. The number of nitrogens with zero attached hydrogens (tertiary/aromatic N) is 8. The molecule has 0 radical (unpaired) electrons. The molecule has 2 fully saturated rings. The van der Waals surface area contributed by atoms with Crippen molar-refractivity contribution in [3.63, 3.8) is 0 Å². The number of carboxylic acid groups (broad SMARTS) is 1. The van der Waals surface area contributed by atoms with Crippen molar-refractivity contribution in [2.45, 2.75) is 89.9 Å². The SMILES string of the molecule is C[C@H]1CCCCN1c1nnc2ccc(O[C@@H]3CC[C@H](NC(=O)Nc4cc(C(C)(C)C)nn4CCN4CCN(C)CC4)c4ccccc43)cn12.O=CO. The first-order valence-corrected chi connectivity index (χ1v) is 18.6. The molecule has 14 heteroatoms. The first-order chi connectivity index (χ1) is 25.0. The van der Waals surface area contributed by atoms with Crippen molar-refractivity contribution in [3.8, 4) is 5.75 Å². The summed E-state index contributed by atoms with van der Waals surface area (Å²) in [7, 11) is 2.17. The quantitative estimate of drug-likeness (QED) is 0.205. The number of pyridine rings is 1. The molecule has 52 heavy (non-hydrogen) atoms. The Labute approximate surface area is 306 Å². The summed E-state index contributed by atoms with van der Waals surface area (Å²) in [4.78, 5) is 29.1. The van der Waals surface area contributed by atoms with Crippen LogP contribution >= 0.6 is 0 Å². The standard InChI is InChI=1S/C37H52N10O2.CH2O2/c1-26-10-8-9-17-45(26)36-41-40-33-16-13-27(25-46(33)36)49-31-15-14-30(28-11-6-7-12-29(28)31)38-35(48)39-34-24-32(37(2,3)4)42-47(34)23-22-44-20-18-43(5)19-21-44;2-1-3/h6-7,11-13,16,24-26,30-31H,8-10,14-15,17-23H2,1-5H3,(H2,38,39,48);1H,(H,2,3)/t26-,30-,31+;/m0./s1. The summed E-state index contributed by atoms with van der Waals surface area (Å²) >= 11 is 0. The molecule has 2 amide bonds. The van der Waals surface area contributed by atoms with Crippen LogP contribution in [0.25, 0.3) is 5.65 Å². The molecule has 0 spiro atoms. The molecule has 3 aromatic heterocycles. The highest BCUT2D eigenvalue weighted by molar-refractivity contribution is 5.88. The van der Waals surface area contributed by atoms with Gasteiger partial charge in [-0.15, -0.1) is 10.2 Å². The molecule has 0 saturated carbocycles. The number of anilines is 2. The van der Waals surface area contributed by atoms with E-state index in [4.69, 9.17) is 19.7 Å². The fourth-order valence-electron chi connectivity index (χ4n) is 7.38. The van der Waals surface area contributed by atoms with Crippen LogP contribution in [0.5, 0.6) is 5.75 Å². The zero-order valence-electron chi connectivity index (χ0n) is 31.2. The second-order valence-electron chi connectivity index (χ2n) is 15.2. The minimum absolute atomic E-state index is 0.129. The summed E-state index contributed by atoms with van der Waals surface area (Å²) in [5, 5.41) is 27.2. The Morgan fingerprint density at radius 1 is 0.981 bits per heavy atom. The third kappa shape index (κ3) is 8.67. The first-order valence-electron chi connectivity index (χ1n) is 18.6. The van der Waals surface area contributed by atoms with Crippen LogP contribution in [-0.2, 0) is 16.8 Å². The molecule has 3 atom stereocenters. The van der Waals surface area contributed by atoms with Crippen molar-refractivity contribution in [2.24, 2.45) is 0 Å². The van der Waals surface area contributed by atoms with E-state index in [1.54, 1.807) is 0 Å². The Morgan fingerprint density at radius 2 is 1.73 bits per heavy atom. The van der Waals surface area contributed by atoms with E-state index in [2.05, 4.69) is 86.8 Å². The molecule has 2 saturated heterocycles. The van der Waals surface area contributed by atoms with E-state index < -0.39 is 0 Å². The average Bonchev–Trinajstić information content (AvgIpc) is 3.74. The second-order valence-corrected chi connectivity index (χ2v) is 15.2. The van der Waals surface area contributed by atoms with Gasteiger partial charge >= 0.3 is 6.03 Å². The number of urea groups is 1. The maximum atomic E-state index is 13.6. The predicted molar refractivity (Wildman–Crippen MR) is 201 cm³/mol. The number of carbonyl (C=O) groups is 2. The number of aromatic nitrogens is 5. The fraction of sp³-hybridized carbons (Fsp3) is 0.553. The van der Waals surface area contributed by atoms with Gasteiger partial charge in [-0.3, -0.25) is 19.4 Å². The van der Waals surface area contributed by atoms with E-state index in [9.17, 15) is 4.79 Å². The third-order valence-electron chi connectivity index (χ3n) is 10.5. The molecule has 0 bridgehead atoms. The van der Waals surface area contributed by atoms with Crippen molar-refractivity contribution in [3.05, 3.63) is 65.5 Å². The molecule has 0 unspecified atom stereocenters. The van der Waals surface area contributed by atoms with Crippen LogP contribution in [-0.4, -0.2) is 104 Å². The summed E-state index contributed by atoms with van der Waals surface area (Å²) < 4.78 is 10.7. The van der Waals surface area contributed by atoms with Crippen LogP contribution < -0.4 is 20.3 Å². The highest BCUT2D eigenvalue weighted by Gasteiger charge is 2.31. The Bertz CT molecular complexity index is 1810. The summed E-state index contributed by atoms with van der Waals surface area (Å²) in [5.41, 5.74) is 3.83. The molecular formula is C38H54N10O4. The molecule has 1 aliphatic carbocycles. The van der Waals surface area contributed by atoms with Gasteiger partial charge in [-0.05, 0) is 69.3 Å². The van der Waals surface area contributed by atoms with Crippen LogP contribution in [0.15, 0.2) is 48.7 Å². The molecule has 3 N–H and O–H groups in total. The van der Waals surface area contributed by atoms with E-state index in [1.807, 2.05) is 41.2 Å². The lowest BCUT2D eigenvalue weighted by Gasteiger charge is -2.33. The highest BCUT2D eigenvalue weighted by atomic mass is 16.5. The number of carbonyl (C=O) groups excluding carboxylic acids is 1. The van der Waals surface area contributed by atoms with Gasteiger partial charge in [-0.2, -0.15) is 5.10 Å². The zero-order valence-corrected chi connectivity index (χ0v) is 31.2. The number of hydrogen-bond acceptors (Lipinski definition) is 9. The topological polar surface area (TPSA) is 145 Å². The molecule has 3 aliphatic rings. The normalized spacial score (nSPS) is 21.2.